The second-order valence-corrected chi connectivity index (χ2v) is 7.07. The van der Waals surface area contributed by atoms with Crippen LogP contribution in [0.15, 0.2) is 36.7 Å². The first-order valence-electron chi connectivity index (χ1n) is 9.36. The molecule has 1 aliphatic heterocycles. The summed E-state index contributed by atoms with van der Waals surface area (Å²) in [5.41, 5.74) is 1.68. The van der Waals surface area contributed by atoms with Gasteiger partial charge in [0.2, 0.25) is 5.88 Å². The van der Waals surface area contributed by atoms with Gasteiger partial charge in [0.05, 0.1) is 17.3 Å². The average Bonchev–Trinajstić information content (AvgIpc) is 3.40. The summed E-state index contributed by atoms with van der Waals surface area (Å²) in [6.07, 6.45) is 4.43. The van der Waals surface area contributed by atoms with Crippen molar-refractivity contribution in [3.05, 3.63) is 59.2 Å². The Balaban J connectivity index is 1.64. The standard InChI is InChI=1S/C21H20FN5O2/c1-13-16(6-4-14(10-23)19(13)22)17-12-25-27(21(17)29)18-7-5-15(11-24-18)20(28)26-8-2-3-9-26/h4-7,11-12,20,28-29H,2-3,8-9H2,1H3. The molecule has 0 spiro atoms. The van der Waals surface area contributed by atoms with E-state index in [0.29, 0.717) is 22.5 Å². The first-order chi connectivity index (χ1) is 14.0. The molecule has 0 saturated carbocycles. The molecule has 1 atom stereocenters. The number of nitrogens with zero attached hydrogens (tertiary/aromatic N) is 5. The highest BCUT2D eigenvalue weighted by molar-refractivity contribution is 5.72. The predicted molar refractivity (Wildman–Crippen MR) is 104 cm³/mol. The van der Waals surface area contributed by atoms with E-state index in [0.717, 1.165) is 25.9 Å². The molecule has 0 amide bonds. The van der Waals surface area contributed by atoms with Gasteiger partial charge >= 0.3 is 0 Å². The molecular weight excluding hydrogens is 373 g/mol. The molecule has 1 aromatic carbocycles. The lowest BCUT2D eigenvalue weighted by molar-refractivity contribution is 0.0188. The minimum atomic E-state index is -0.704. The van der Waals surface area contributed by atoms with Crippen LogP contribution in [0.4, 0.5) is 4.39 Å². The van der Waals surface area contributed by atoms with Gasteiger partial charge < -0.3 is 10.2 Å². The molecule has 1 aliphatic rings. The first-order valence-corrected chi connectivity index (χ1v) is 9.36. The van der Waals surface area contributed by atoms with Gasteiger partial charge in [-0.3, -0.25) is 4.90 Å². The van der Waals surface area contributed by atoms with Crippen molar-refractivity contribution in [1.29, 1.82) is 5.26 Å². The monoisotopic (exact) mass is 393 g/mol. The predicted octanol–water partition coefficient (Wildman–Crippen LogP) is 3.05. The van der Waals surface area contributed by atoms with Crippen molar-refractivity contribution in [3.8, 4) is 28.9 Å². The third-order valence-corrected chi connectivity index (χ3v) is 5.31. The maximum atomic E-state index is 14.3. The molecule has 0 radical (unpaired) electrons. The van der Waals surface area contributed by atoms with Gasteiger partial charge in [0, 0.05) is 24.8 Å². The van der Waals surface area contributed by atoms with Crippen LogP contribution in [0.1, 0.15) is 35.8 Å². The number of likely N-dealkylation sites (tertiary alicyclic amines) is 1. The van der Waals surface area contributed by atoms with Crippen LogP contribution in [0.5, 0.6) is 5.88 Å². The second-order valence-electron chi connectivity index (χ2n) is 7.07. The number of pyridine rings is 1. The van der Waals surface area contributed by atoms with Crippen molar-refractivity contribution in [3.63, 3.8) is 0 Å². The number of halogens is 1. The smallest absolute Gasteiger partial charge is 0.223 e. The van der Waals surface area contributed by atoms with Gasteiger partial charge in [-0.25, -0.2) is 9.37 Å². The van der Waals surface area contributed by atoms with Gasteiger partial charge in [-0.15, -0.1) is 0 Å². The Morgan fingerprint density at radius 1 is 1.14 bits per heavy atom. The van der Waals surface area contributed by atoms with E-state index in [4.69, 9.17) is 5.26 Å². The molecule has 2 aromatic heterocycles. The number of aliphatic hydroxyl groups excluding tert-OH is 1. The Hall–Kier alpha value is -3.28. The molecule has 8 heteroatoms. The Labute approximate surface area is 167 Å². The van der Waals surface area contributed by atoms with Crippen LogP contribution in [-0.2, 0) is 0 Å². The highest BCUT2D eigenvalue weighted by Crippen LogP contribution is 2.34. The largest absolute Gasteiger partial charge is 0.493 e. The van der Waals surface area contributed by atoms with Crippen molar-refractivity contribution in [2.75, 3.05) is 13.1 Å². The summed E-state index contributed by atoms with van der Waals surface area (Å²) in [6.45, 7) is 3.26. The van der Waals surface area contributed by atoms with Crippen molar-refractivity contribution in [1.82, 2.24) is 19.7 Å². The molecule has 148 valence electrons. The number of nitriles is 1. The minimum Gasteiger partial charge on any atom is -0.493 e. The van der Waals surface area contributed by atoms with Gasteiger partial charge in [-0.05, 0) is 49.1 Å². The summed E-state index contributed by atoms with van der Waals surface area (Å²) < 4.78 is 15.5. The van der Waals surface area contributed by atoms with E-state index in [1.165, 1.54) is 16.9 Å². The quantitative estimate of drug-likeness (QED) is 0.707. The number of aliphatic hydroxyl groups is 1. The molecule has 3 heterocycles. The van der Waals surface area contributed by atoms with Gasteiger partial charge in [0.25, 0.3) is 0 Å². The van der Waals surface area contributed by atoms with Gasteiger partial charge in [0.15, 0.2) is 5.82 Å². The van der Waals surface area contributed by atoms with Crippen LogP contribution in [0.3, 0.4) is 0 Å². The molecule has 1 fully saturated rings. The van der Waals surface area contributed by atoms with E-state index in [-0.39, 0.29) is 17.0 Å². The summed E-state index contributed by atoms with van der Waals surface area (Å²) in [4.78, 5) is 6.30. The highest BCUT2D eigenvalue weighted by Gasteiger charge is 2.22. The van der Waals surface area contributed by atoms with Gasteiger partial charge in [-0.2, -0.15) is 15.0 Å². The Bertz CT molecular complexity index is 1080. The summed E-state index contributed by atoms with van der Waals surface area (Å²) in [7, 11) is 0. The molecule has 3 aromatic rings. The lowest BCUT2D eigenvalue weighted by Gasteiger charge is -2.22. The molecule has 29 heavy (non-hydrogen) atoms. The summed E-state index contributed by atoms with van der Waals surface area (Å²) in [6, 6.07) is 8.18. The molecule has 4 rings (SSSR count). The van der Waals surface area contributed by atoms with E-state index < -0.39 is 12.0 Å². The summed E-state index contributed by atoms with van der Waals surface area (Å²) in [5.74, 6) is -0.425. The van der Waals surface area contributed by atoms with Crippen LogP contribution in [0.2, 0.25) is 0 Å². The summed E-state index contributed by atoms with van der Waals surface area (Å²) >= 11 is 0. The third kappa shape index (κ3) is 3.35. The fourth-order valence-corrected chi connectivity index (χ4v) is 3.64. The minimum absolute atomic E-state index is 0.0491. The third-order valence-electron chi connectivity index (χ3n) is 5.31. The molecule has 7 nitrogen and oxygen atoms in total. The average molecular weight is 393 g/mol. The van der Waals surface area contributed by atoms with Crippen LogP contribution in [0.25, 0.3) is 16.9 Å². The van der Waals surface area contributed by atoms with Crippen LogP contribution in [0, 0.1) is 24.1 Å². The molecule has 2 N–H and O–H groups in total. The lowest BCUT2D eigenvalue weighted by Crippen LogP contribution is -2.25. The fourth-order valence-electron chi connectivity index (χ4n) is 3.64. The van der Waals surface area contributed by atoms with Gasteiger partial charge in [-0.1, -0.05) is 6.07 Å². The molecule has 1 unspecified atom stereocenters. The number of hydrogen-bond acceptors (Lipinski definition) is 6. The molecular formula is C21H20FN5O2. The van der Waals surface area contributed by atoms with Crippen LogP contribution in [-0.4, -0.2) is 43.0 Å². The van der Waals surface area contributed by atoms with E-state index in [9.17, 15) is 14.6 Å². The van der Waals surface area contributed by atoms with Crippen molar-refractivity contribution >= 4 is 0 Å². The topological polar surface area (TPSA) is 98.2 Å². The Kier molecular flexibility index (Phi) is 5.01. The Morgan fingerprint density at radius 3 is 2.55 bits per heavy atom. The number of rotatable bonds is 4. The highest BCUT2D eigenvalue weighted by atomic mass is 19.1. The van der Waals surface area contributed by atoms with Crippen molar-refractivity contribution in [2.24, 2.45) is 0 Å². The number of hydrogen-bond donors (Lipinski definition) is 2. The molecule has 0 aliphatic carbocycles. The van der Waals surface area contributed by atoms with Crippen molar-refractivity contribution in [2.45, 2.75) is 26.0 Å². The van der Waals surface area contributed by atoms with E-state index in [2.05, 4.69) is 10.1 Å². The van der Waals surface area contributed by atoms with Crippen molar-refractivity contribution < 1.29 is 14.6 Å². The maximum absolute atomic E-state index is 14.3. The number of benzene rings is 1. The van der Waals surface area contributed by atoms with Gasteiger partial charge in [0.1, 0.15) is 18.1 Å². The summed E-state index contributed by atoms with van der Waals surface area (Å²) in [5, 5.41) is 34.2. The lowest BCUT2D eigenvalue weighted by atomic mass is 10.00. The number of aromatic nitrogens is 3. The zero-order valence-corrected chi connectivity index (χ0v) is 15.9. The van der Waals surface area contributed by atoms with Crippen LogP contribution < -0.4 is 0 Å². The number of aromatic hydroxyl groups is 1. The van der Waals surface area contributed by atoms with E-state index in [1.54, 1.807) is 37.4 Å². The Morgan fingerprint density at radius 2 is 1.90 bits per heavy atom. The SMILES string of the molecule is Cc1c(-c2cnn(-c3ccc(C(O)N4CCCC4)cn3)c2O)ccc(C#N)c1F. The first kappa shape index (κ1) is 19.1. The molecule has 0 bridgehead atoms. The zero-order valence-electron chi connectivity index (χ0n) is 15.9. The normalized spacial score (nSPS) is 15.4. The maximum Gasteiger partial charge on any atom is 0.223 e. The van der Waals surface area contributed by atoms with E-state index >= 15 is 0 Å². The zero-order chi connectivity index (χ0) is 20.5. The fraction of sp³-hybridized carbons (Fsp3) is 0.286. The second kappa shape index (κ2) is 7.62. The van der Waals surface area contributed by atoms with E-state index in [1.807, 2.05) is 4.90 Å². The molecule has 1 saturated heterocycles. The van der Waals surface area contributed by atoms with Crippen LogP contribution >= 0.6 is 0 Å².